The van der Waals surface area contributed by atoms with Crippen LogP contribution in [-0.4, -0.2) is 37.7 Å². The van der Waals surface area contributed by atoms with Gasteiger partial charge >= 0.3 is 5.63 Å². The summed E-state index contributed by atoms with van der Waals surface area (Å²) in [6, 6.07) is 4.86. The monoisotopic (exact) mass is 522 g/mol. The zero-order chi connectivity index (χ0) is 24.8. The van der Waals surface area contributed by atoms with Crippen LogP contribution in [-0.2, 0) is 9.47 Å². The first-order chi connectivity index (χ1) is 17.0. The predicted molar refractivity (Wildman–Crippen MR) is 135 cm³/mol. The average molecular weight is 523 g/mol. The molecule has 3 heterocycles. The third-order valence-corrected chi connectivity index (χ3v) is 6.26. The Kier molecular flexibility index (Phi) is 8.73. The summed E-state index contributed by atoms with van der Waals surface area (Å²) in [4.78, 5) is 16.3. The molecule has 2 aromatic heterocycles. The molecule has 0 amide bonds. The molecule has 35 heavy (non-hydrogen) atoms. The lowest BCUT2D eigenvalue weighted by Gasteiger charge is -2.27. The molecule has 0 aliphatic carbocycles. The van der Waals surface area contributed by atoms with E-state index in [1.165, 1.54) is 25.6 Å². The number of fused-ring (bicyclic) bond motifs is 1. The minimum Gasteiger partial charge on any atom is -0.493 e. The van der Waals surface area contributed by atoms with Gasteiger partial charge in [-0.1, -0.05) is 23.2 Å². The minimum atomic E-state index is -0.561. The number of unbranched alkanes of at least 4 members (excludes halogenated alkanes) is 1. The van der Waals surface area contributed by atoms with E-state index in [4.69, 9.17) is 46.6 Å². The van der Waals surface area contributed by atoms with Crippen molar-refractivity contribution < 1.29 is 23.4 Å². The standard InChI is InChI=1S/C25H28Cl2N2O6/c1-15-6-5-7-22(34-15)32-10-3-4-11-33-25-20(31-2)9-8-16-19(12-21(30)35-24(16)25)29-23-17(26)13-28-14-18(23)27/h8-9,12-15,22H,3-7,10-11H2,1-2H3,(H,28,29). The molecule has 1 saturated heterocycles. The van der Waals surface area contributed by atoms with Crippen LogP contribution < -0.4 is 20.4 Å². The third-order valence-electron chi connectivity index (χ3n) is 5.69. The number of hydrogen-bond acceptors (Lipinski definition) is 8. The number of methoxy groups -OCH3 is 1. The normalized spacial score (nSPS) is 17.9. The summed E-state index contributed by atoms with van der Waals surface area (Å²) in [5.41, 5.74) is 0.606. The van der Waals surface area contributed by atoms with E-state index in [-0.39, 0.29) is 18.0 Å². The van der Waals surface area contributed by atoms with E-state index >= 15 is 0 Å². The average Bonchev–Trinajstić information content (AvgIpc) is 2.83. The number of hydrogen-bond donors (Lipinski definition) is 1. The Morgan fingerprint density at radius 1 is 1.14 bits per heavy atom. The lowest BCUT2D eigenvalue weighted by atomic mass is 10.1. The van der Waals surface area contributed by atoms with Gasteiger partial charge in [-0.05, 0) is 51.2 Å². The first-order valence-corrected chi connectivity index (χ1v) is 12.3. The van der Waals surface area contributed by atoms with E-state index in [9.17, 15) is 4.79 Å². The van der Waals surface area contributed by atoms with Crippen LogP contribution in [0.2, 0.25) is 10.0 Å². The van der Waals surface area contributed by atoms with Gasteiger partial charge in [-0.25, -0.2) is 4.79 Å². The Balaban J connectivity index is 1.47. The summed E-state index contributed by atoms with van der Waals surface area (Å²) in [5.74, 6) is 0.807. The van der Waals surface area contributed by atoms with Crippen LogP contribution in [0.15, 0.2) is 39.8 Å². The number of aromatic nitrogens is 1. The molecule has 1 fully saturated rings. The van der Waals surface area contributed by atoms with E-state index in [2.05, 4.69) is 17.2 Å². The molecule has 8 nitrogen and oxygen atoms in total. The van der Waals surface area contributed by atoms with Crippen molar-refractivity contribution in [1.29, 1.82) is 0 Å². The lowest BCUT2D eigenvalue weighted by Crippen LogP contribution is -2.28. The van der Waals surface area contributed by atoms with Crippen molar-refractivity contribution in [1.82, 2.24) is 4.98 Å². The van der Waals surface area contributed by atoms with Crippen LogP contribution in [0.4, 0.5) is 11.4 Å². The van der Waals surface area contributed by atoms with Gasteiger partial charge in [0.15, 0.2) is 17.6 Å². The van der Waals surface area contributed by atoms with Gasteiger partial charge in [-0.15, -0.1) is 0 Å². The smallest absolute Gasteiger partial charge is 0.338 e. The Labute approximate surface area is 213 Å². The maximum atomic E-state index is 12.4. The fraction of sp³-hybridized carbons (Fsp3) is 0.440. The van der Waals surface area contributed by atoms with E-state index in [0.717, 1.165) is 32.1 Å². The van der Waals surface area contributed by atoms with Crippen molar-refractivity contribution in [2.45, 2.75) is 51.4 Å². The summed E-state index contributed by atoms with van der Waals surface area (Å²) in [5, 5.41) is 4.36. The van der Waals surface area contributed by atoms with Crippen LogP contribution >= 0.6 is 23.2 Å². The number of rotatable bonds is 10. The summed E-state index contributed by atoms with van der Waals surface area (Å²) in [6.45, 7) is 3.05. The molecule has 1 aliphatic heterocycles. The Morgan fingerprint density at radius 3 is 2.66 bits per heavy atom. The maximum Gasteiger partial charge on any atom is 0.338 e. The highest BCUT2D eigenvalue weighted by Gasteiger charge is 2.20. The van der Waals surface area contributed by atoms with Crippen molar-refractivity contribution in [3.8, 4) is 11.5 Å². The first-order valence-electron chi connectivity index (χ1n) is 11.6. The number of halogens is 2. The predicted octanol–water partition coefficient (Wildman–Crippen LogP) is 6.34. The Bertz CT molecular complexity index is 1200. The van der Waals surface area contributed by atoms with E-state index < -0.39 is 5.63 Å². The first kappa shape index (κ1) is 25.6. The summed E-state index contributed by atoms with van der Waals surface area (Å²) in [6.07, 6.45) is 7.73. The third kappa shape index (κ3) is 6.38. The molecule has 2 unspecified atom stereocenters. The fourth-order valence-corrected chi connectivity index (χ4v) is 4.39. The second-order valence-electron chi connectivity index (χ2n) is 8.29. The van der Waals surface area contributed by atoms with Gasteiger partial charge in [-0.2, -0.15) is 0 Å². The van der Waals surface area contributed by atoms with E-state index in [1.54, 1.807) is 12.1 Å². The van der Waals surface area contributed by atoms with Gasteiger partial charge in [0.2, 0.25) is 5.75 Å². The van der Waals surface area contributed by atoms with Crippen LogP contribution in [0.1, 0.15) is 39.0 Å². The van der Waals surface area contributed by atoms with Crippen molar-refractivity contribution in [2.24, 2.45) is 0 Å². The van der Waals surface area contributed by atoms with E-state index in [0.29, 0.717) is 51.5 Å². The molecule has 4 rings (SSSR count). The number of anilines is 2. The zero-order valence-corrected chi connectivity index (χ0v) is 21.2. The summed E-state index contributed by atoms with van der Waals surface area (Å²) >= 11 is 12.5. The van der Waals surface area contributed by atoms with Crippen molar-refractivity contribution in [3.05, 3.63) is 51.1 Å². The molecule has 10 heteroatoms. The van der Waals surface area contributed by atoms with Gasteiger partial charge < -0.3 is 28.7 Å². The van der Waals surface area contributed by atoms with Gasteiger partial charge in [0.05, 0.1) is 41.2 Å². The highest BCUT2D eigenvalue weighted by Crippen LogP contribution is 2.40. The number of ether oxygens (including phenoxy) is 4. The Hall–Kier alpha value is -2.52. The highest BCUT2D eigenvalue weighted by atomic mass is 35.5. The van der Waals surface area contributed by atoms with Gasteiger partial charge in [0.25, 0.3) is 0 Å². The zero-order valence-electron chi connectivity index (χ0n) is 19.6. The molecule has 188 valence electrons. The summed E-state index contributed by atoms with van der Waals surface area (Å²) in [7, 11) is 1.53. The van der Waals surface area contributed by atoms with Gasteiger partial charge in [0, 0.05) is 30.5 Å². The second kappa shape index (κ2) is 11.9. The molecular formula is C25H28Cl2N2O6. The molecule has 0 bridgehead atoms. The molecule has 1 aromatic carbocycles. The largest absolute Gasteiger partial charge is 0.493 e. The lowest BCUT2D eigenvalue weighted by molar-refractivity contribution is -0.189. The van der Waals surface area contributed by atoms with E-state index in [1.807, 2.05) is 0 Å². The molecular weight excluding hydrogens is 495 g/mol. The van der Waals surface area contributed by atoms with Crippen molar-refractivity contribution >= 4 is 45.5 Å². The maximum absolute atomic E-state index is 12.4. The molecule has 1 aliphatic rings. The summed E-state index contributed by atoms with van der Waals surface area (Å²) < 4.78 is 28.6. The second-order valence-corrected chi connectivity index (χ2v) is 9.10. The highest BCUT2D eigenvalue weighted by molar-refractivity contribution is 6.39. The quantitative estimate of drug-likeness (QED) is 0.243. The minimum absolute atomic E-state index is 0.125. The van der Waals surface area contributed by atoms with Gasteiger partial charge in [0.1, 0.15) is 0 Å². The van der Waals surface area contributed by atoms with Crippen molar-refractivity contribution in [2.75, 3.05) is 25.6 Å². The number of nitrogens with zero attached hydrogens (tertiary/aromatic N) is 1. The molecule has 2 atom stereocenters. The fourth-order valence-electron chi connectivity index (χ4n) is 3.93. The van der Waals surface area contributed by atoms with Gasteiger partial charge in [-0.3, -0.25) is 4.98 Å². The van der Waals surface area contributed by atoms with Crippen LogP contribution in [0, 0.1) is 0 Å². The molecule has 0 radical (unpaired) electrons. The van der Waals surface area contributed by atoms with Crippen LogP contribution in [0.3, 0.4) is 0 Å². The van der Waals surface area contributed by atoms with Crippen LogP contribution in [0.25, 0.3) is 11.0 Å². The number of pyridine rings is 1. The molecule has 0 saturated carbocycles. The molecule has 1 N–H and O–H groups in total. The van der Waals surface area contributed by atoms with Crippen molar-refractivity contribution in [3.63, 3.8) is 0 Å². The topological polar surface area (TPSA) is 92.1 Å². The Morgan fingerprint density at radius 2 is 1.91 bits per heavy atom. The number of benzene rings is 1. The number of nitrogens with one attached hydrogen (secondary N) is 1. The molecule has 3 aromatic rings. The molecule has 0 spiro atoms. The van der Waals surface area contributed by atoms with Crippen LogP contribution in [0.5, 0.6) is 11.5 Å². The SMILES string of the molecule is COc1ccc2c(Nc3c(Cl)cncc3Cl)cc(=O)oc2c1OCCCCOC1CCCC(C)O1.